The van der Waals surface area contributed by atoms with Crippen LogP contribution in [0.2, 0.25) is 0 Å². The summed E-state index contributed by atoms with van der Waals surface area (Å²) in [5, 5.41) is 3.40. The van der Waals surface area contributed by atoms with E-state index in [1.165, 1.54) is 25.7 Å². The number of ether oxygens (including phenoxy) is 1. The smallest absolute Gasteiger partial charge is 0.207 e. The van der Waals surface area contributed by atoms with E-state index >= 15 is 0 Å². The zero-order valence-electron chi connectivity index (χ0n) is 11.9. The Morgan fingerprint density at radius 1 is 1.35 bits per heavy atom. The van der Waals surface area contributed by atoms with Crippen LogP contribution >= 0.6 is 0 Å². The largest absolute Gasteiger partial charge is 0.494 e. The number of anilines is 2. The zero-order valence-corrected chi connectivity index (χ0v) is 11.9. The summed E-state index contributed by atoms with van der Waals surface area (Å²) in [6, 6.07) is 8.61. The first-order chi connectivity index (χ1) is 9.86. The minimum absolute atomic E-state index is 0.593. The second-order valence-corrected chi connectivity index (χ2v) is 5.18. The van der Waals surface area contributed by atoms with Gasteiger partial charge in [-0.25, -0.2) is 4.98 Å². The van der Waals surface area contributed by atoms with Crippen LogP contribution in [-0.4, -0.2) is 16.2 Å². The van der Waals surface area contributed by atoms with Gasteiger partial charge in [-0.3, -0.25) is 0 Å². The highest BCUT2D eigenvalue weighted by Gasteiger charge is 2.19. The predicted octanol–water partition coefficient (Wildman–Crippen LogP) is 4.14. The van der Waals surface area contributed by atoms with Crippen molar-refractivity contribution in [3.8, 4) is 5.75 Å². The fraction of sp³-hybridized carbons (Fsp3) is 0.438. The Hall–Kier alpha value is -1.97. The van der Waals surface area contributed by atoms with Crippen LogP contribution in [0.5, 0.6) is 5.75 Å². The Bertz CT molecular complexity index is 558. The number of hydrogen-bond acceptors (Lipinski definition) is 3. The van der Waals surface area contributed by atoms with Crippen molar-refractivity contribution in [3.63, 3.8) is 0 Å². The van der Waals surface area contributed by atoms with Gasteiger partial charge in [0, 0.05) is 30.2 Å². The molecule has 0 atom stereocenters. The third kappa shape index (κ3) is 2.79. The van der Waals surface area contributed by atoms with Crippen LogP contribution < -0.4 is 10.1 Å². The number of aromatic nitrogens is 2. The Morgan fingerprint density at radius 3 is 3.00 bits per heavy atom. The molecule has 20 heavy (non-hydrogen) atoms. The summed E-state index contributed by atoms with van der Waals surface area (Å²) in [6.45, 7) is 2.67. The lowest BCUT2D eigenvalue weighted by atomic mass is 10.2. The molecule has 0 spiro atoms. The number of nitrogens with zero attached hydrogens (tertiary/aromatic N) is 2. The molecule has 1 fully saturated rings. The van der Waals surface area contributed by atoms with Crippen LogP contribution in [0.4, 0.5) is 11.6 Å². The molecule has 0 bridgehead atoms. The van der Waals surface area contributed by atoms with Crippen molar-refractivity contribution in [2.75, 3.05) is 11.9 Å². The lowest BCUT2D eigenvalue weighted by molar-refractivity contribution is 0.340. The maximum atomic E-state index is 5.53. The van der Waals surface area contributed by atoms with Gasteiger partial charge >= 0.3 is 0 Å². The fourth-order valence-corrected chi connectivity index (χ4v) is 2.85. The third-order valence-corrected chi connectivity index (χ3v) is 3.79. The summed E-state index contributed by atoms with van der Waals surface area (Å²) in [6.07, 6.45) is 9.09. The number of rotatable bonds is 5. The van der Waals surface area contributed by atoms with Crippen LogP contribution in [0, 0.1) is 0 Å². The Balaban J connectivity index is 1.77. The Morgan fingerprint density at radius 2 is 2.20 bits per heavy atom. The second kappa shape index (κ2) is 5.99. The van der Waals surface area contributed by atoms with E-state index in [0.717, 1.165) is 17.4 Å². The van der Waals surface area contributed by atoms with Crippen molar-refractivity contribution in [2.45, 2.75) is 38.6 Å². The van der Waals surface area contributed by atoms with Gasteiger partial charge in [0.1, 0.15) is 5.75 Å². The first-order valence-corrected chi connectivity index (χ1v) is 7.39. The molecule has 1 heterocycles. The standard InChI is InChI=1S/C16H21N3O/c1-2-20-15-9-5-6-13(12-15)18-16-17-10-11-19(16)14-7-3-4-8-14/h5-6,9-12,14H,2-4,7-8H2,1H3,(H,17,18). The van der Waals surface area contributed by atoms with Gasteiger partial charge < -0.3 is 14.6 Å². The first kappa shape index (κ1) is 13.0. The van der Waals surface area contributed by atoms with Crippen molar-refractivity contribution in [3.05, 3.63) is 36.7 Å². The molecule has 4 heteroatoms. The maximum absolute atomic E-state index is 5.53. The summed E-state index contributed by atoms with van der Waals surface area (Å²) in [5.74, 6) is 1.81. The summed E-state index contributed by atoms with van der Waals surface area (Å²) < 4.78 is 7.79. The molecule has 0 saturated heterocycles. The molecule has 3 rings (SSSR count). The van der Waals surface area contributed by atoms with Crippen LogP contribution in [0.15, 0.2) is 36.7 Å². The van der Waals surface area contributed by atoms with Gasteiger partial charge in [0.25, 0.3) is 0 Å². The van der Waals surface area contributed by atoms with E-state index in [2.05, 4.69) is 21.1 Å². The quantitative estimate of drug-likeness (QED) is 0.888. The molecule has 106 valence electrons. The van der Waals surface area contributed by atoms with Crippen molar-refractivity contribution >= 4 is 11.6 Å². The molecule has 1 aromatic heterocycles. The van der Waals surface area contributed by atoms with E-state index in [4.69, 9.17) is 4.74 Å². The van der Waals surface area contributed by atoms with E-state index in [1.807, 2.05) is 37.4 Å². The molecule has 1 saturated carbocycles. The van der Waals surface area contributed by atoms with E-state index in [1.54, 1.807) is 0 Å². The molecule has 1 aliphatic carbocycles. The molecule has 0 unspecified atom stereocenters. The molecule has 1 aliphatic rings. The number of nitrogens with one attached hydrogen (secondary N) is 1. The van der Waals surface area contributed by atoms with Crippen LogP contribution in [-0.2, 0) is 0 Å². The van der Waals surface area contributed by atoms with Gasteiger partial charge in [0.15, 0.2) is 0 Å². The van der Waals surface area contributed by atoms with Crippen LogP contribution in [0.3, 0.4) is 0 Å². The molecule has 0 amide bonds. The van der Waals surface area contributed by atoms with Gasteiger partial charge in [-0.05, 0) is 31.9 Å². The number of benzene rings is 1. The Kier molecular flexibility index (Phi) is 3.90. The third-order valence-electron chi connectivity index (χ3n) is 3.79. The van der Waals surface area contributed by atoms with Crippen molar-refractivity contribution < 1.29 is 4.74 Å². The second-order valence-electron chi connectivity index (χ2n) is 5.18. The highest BCUT2D eigenvalue weighted by atomic mass is 16.5. The predicted molar refractivity (Wildman–Crippen MR) is 80.6 cm³/mol. The monoisotopic (exact) mass is 271 g/mol. The van der Waals surface area contributed by atoms with Crippen LogP contribution in [0.1, 0.15) is 38.6 Å². The van der Waals surface area contributed by atoms with Gasteiger partial charge in [0.05, 0.1) is 6.61 Å². The Labute approximate surface area is 119 Å². The van der Waals surface area contributed by atoms with Crippen molar-refractivity contribution in [2.24, 2.45) is 0 Å². The summed E-state index contributed by atoms with van der Waals surface area (Å²) in [5.41, 5.74) is 1.02. The van der Waals surface area contributed by atoms with Crippen molar-refractivity contribution in [1.29, 1.82) is 0 Å². The molecular weight excluding hydrogens is 250 g/mol. The summed E-state index contributed by atoms with van der Waals surface area (Å²) in [4.78, 5) is 4.44. The molecule has 1 N–H and O–H groups in total. The zero-order chi connectivity index (χ0) is 13.8. The van der Waals surface area contributed by atoms with E-state index in [9.17, 15) is 0 Å². The van der Waals surface area contributed by atoms with Crippen LogP contribution in [0.25, 0.3) is 0 Å². The molecule has 2 aromatic rings. The minimum Gasteiger partial charge on any atom is -0.494 e. The highest BCUT2D eigenvalue weighted by Crippen LogP contribution is 2.32. The normalized spacial score (nSPS) is 15.4. The number of hydrogen-bond donors (Lipinski definition) is 1. The van der Waals surface area contributed by atoms with Gasteiger partial charge in [0.2, 0.25) is 5.95 Å². The van der Waals surface area contributed by atoms with E-state index in [0.29, 0.717) is 12.6 Å². The fourth-order valence-electron chi connectivity index (χ4n) is 2.85. The summed E-state index contributed by atoms with van der Waals surface area (Å²) >= 11 is 0. The molecule has 4 nitrogen and oxygen atoms in total. The lowest BCUT2D eigenvalue weighted by Gasteiger charge is -2.16. The lowest BCUT2D eigenvalue weighted by Crippen LogP contribution is -2.07. The summed E-state index contributed by atoms with van der Waals surface area (Å²) in [7, 11) is 0. The number of imidazole rings is 1. The highest BCUT2D eigenvalue weighted by molar-refractivity contribution is 5.56. The maximum Gasteiger partial charge on any atom is 0.207 e. The van der Waals surface area contributed by atoms with Gasteiger partial charge in [-0.2, -0.15) is 0 Å². The SMILES string of the molecule is CCOc1cccc(Nc2nccn2C2CCCC2)c1. The van der Waals surface area contributed by atoms with E-state index < -0.39 is 0 Å². The first-order valence-electron chi connectivity index (χ1n) is 7.39. The van der Waals surface area contributed by atoms with Gasteiger partial charge in [-0.15, -0.1) is 0 Å². The van der Waals surface area contributed by atoms with E-state index in [-0.39, 0.29) is 0 Å². The molecule has 1 aromatic carbocycles. The molecular formula is C16H21N3O. The molecule has 0 radical (unpaired) electrons. The van der Waals surface area contributed by atoms with Gasteiger partial charge in [-0.1, -0.05) is 18.9 Å². The average Bonchev–Trinajstić information content (AvgIpc) is 3.10. The topological polar surface area (TPSA) is 39.1 Å². The molecule has 0 aliphatic heterocycles. The average molecular weight is 271 g/mol. The van der Waals surface area contributed by atoms with Crippen molar-refractivity contribution in [1.82, 2.24) is 9.55 Å². The minimum atomic E-state index is 0.593.